The third kappa shape index (κ3) is 3.73. The van der Waals surface area contributed by atoms with Crippen molar-refractivity contribution in [3.05, 3.63) is 29.8 Å². The SMILES string of the molecule is CC(F)(C1CCN(C(=O)O)CC1)S(=O)(=O)c1ccc(C(F)(F)F)cc1. The molecular weight excluding hydrogens is 366 g/mol. The Morgan fingerprint density at radius 2 is 1.60 bits per heavy atom. The van der Waals surface area contributed by atoms with Crippen molar-refractivity contribution in [3.63, 3.8) is 0 Å². The number of alkyl halides is 4. The smallest absolute Gasteiger partial charge is 0.416 e. The quantitative estimate of drug-likeness (QED) is 0.810. The van der Waals surface area contributed by atoms with Crippen molar-refractivity contribution in [2.75, 3.05) is 13.1 Å². The van der Waals surface area contributed by atoms with Gasteiger partial charge in [0, 0.05) is 19.0 Å². The number of piperidine rings is 1. The van der Waals surface area contributed by atoms with Gasteiger partial charge in [-0.25, -0.2) is 17.6 Å². The van der Waals surface area contributed by atoms with Crippen LogP contribution in [0.25, 0.3) is 0 Å². The van der Waals surface area contributed by atoms with Crippen molar-refractivity contribution in [2.24, 2.45) is 5.92 Å². The lowest BCUT2D eigenvalue weighted by molar-refractivity contribution is -0.137. The van der Waals surface area contributed by atoms with Crippen LogP contribution in [0.2, 0.25) is 0 Å². The molecule has 1 aromatic rings. The van der Waals surface area contributed by atoms with Gasteiger partial charge in [0.25, 0.3) is 0 Å². The van der Waals surface area contributed by atoms with E-state index in [9.17, 15) is 26.4 Å². The van der Waals surface area contributed by atoms with Gasteiger partial charge in [0.15, 0.2) is 0 Å². The monoisotopic (exact) mass is 383 g/mol. The molecule has 0 aliphatic carbocycles. The van der Waals surface area contributed by atoms with Crippen LogP contribution in [-0.4, -0.2) is 42.6 Å². The number of hydrogen-bond donors (Lipinski definition) is 1. The predicted molar refractivity (Wildman–Crippen MR) is 80.5 cm³/mol. The number of nitrogens with zero attached hydrogens (tertiary/aromatic N) is 1. The summed E-state index contributed by atoms with van der Waals surface area (Å²) in [7, 11) is -4.54. The molecule has 1 unspecified atom stereocenters. The number of rotatable bonds is 3. The van der Waals surface area contributed by atoms with Crippen LogP contribution in [0.1, 0.15) is 25.3 Å². The maximum Gasteiger partial charge on any atom is 0.416 e. The van der Waals surface area contributed by atoms with Crippen LogP contribution in [0.3, 0.4) is 0 Å². The largest absolute Gasteiger partial charge is 0.465 e. The second kappa shape index (κ2) is 6.47. The number of likely N-dealkylation sites (tertiary alicyclic amines) is 1. The normalized spacial score (nSPS) is 19.5. The van der Waals surface area contributed by atoms with E-state index in [0.717, 1.165) is 24.0 Å². The van der Waals surface area contributed by atoms with Crippen LogP contribution < -0.4 is 0 Å². The van der Waals surface area contributed by atoms with Crippen LogP contribution in [0.5, 0.6) is 0 Å². The fourth-order valence-electron chi connectivity index (χ4n) is 2.86. The van der Waals surface area contributed by atoms with Crippen molar-refractivity contribution >= 4 is 15.9 Å². The van der Waals surface area contributed by atoms with Gasteiger partial charge in [0.1, 0.15) is 0 Å². The van der Waals surface area contributed by atoms with E-state index in [4.69, 9.17) is 5.11 Å². The summed E-state index contributed by atoms with van der Waals surface area (Å²) in [6.45, 7) is 0.880. The molecule has 1 atom stereocenters. The zero-order chi connectivity index (χ0) is 19.0. The summed E-state index contributed by atoms with van der Waals surface area (Å²) in [5.41, 5.74) is -1.03. The Bertz CT molecular complexity index is 736. The van der Waals surface area contributed by atoms with Crippen molar-refractivity contribution in [1.29, 1.82) is 0 Å². The summed E-state index contributed by atoms with van der Waals surface area (Å²) in [5, 5.41) is 6.17. The first-order chi connectivity index (χ1) is 11.4. The maximum atomic E-state index is 15.1. The molecule has 1 amide bonds. The maximum absolute atomic E-state index is 15.1. The average molecular weight is 383 g/mol. The number of halogens is 4. The molecule has 25 heavy (non-hydrogen) atoms. The van der Waals surface area contributed by atoms with Gasteiger partial charge in [0.2, 0.25) is 14.8 Å². The van der Waals surface area contributed by atoms with Crippen molar-refractivity contribution < 1.29 is 35.9 Å². The number of benzene rings is 1. The summed E-state index contributed by atoms with van der Waals surface area (Å²) in [4.78, 5) is 11.4. The number of carbonyl (C=O) groups is 1. The molecule has 1 aliphatic heterocycles. The number of carboxylic acid groups (broad SMARTS) is 1. The van der Waals surface area contributed by atoms with Crippen LogP contribution >= 0.6 is 0 Å². The van der Waals surface area contributed by atoms with Gasteiger partial charge in [-0.3, -0.25) is 0 Å². The lowest BCUT2D eigenvalue weighted by Gasteiger charge is -2.36. The van der Waals surface area contributed by atoms with E-state index in [-0.39, 0.29) is 25.9 Å². The fraction of sp³-hybridized carbons (Fsp3) is 0.533. The molecule has 10 heteroatoms. The molecule has 1 N–H and O–H groups in total. The van der Waals surface area contributed by atoms with E-state index in [2.05, 4.69) is 0 Å². The van der Waals surface area contributed by atoms with Crippen molar-refractivity contribution in [3.8, 4) is 0 Å². The highest BCUT2D eigenvalue weighted by molar-refractivity contribution is 7.92. The molecule has 1 saturated heterocycles. The minimum absolute atomic E-state index is 0.00203. The van der Waals surface area contributed by atoms with E-state index in [1.54, 1.807) is 0 Å². The van der Waals surface area contributed by atoms with E-state index < -0.39 is 43.5 Å². The third-order valence-electron chi connectivity index (χ3n) is 4.51. The second-order valence-electron chi connectivity index (χ2n) is 6.06. The minimum Gasteiger partial charge on any atom is -0.465 e. The molecule has 140 valence electrons. The number of hydrogen-bond acceptors (Lipinski definition) is 3. The molecule has 0 saturated carbocycles. The number of amides is 1. The molecule has 1 aliphatic rings. The summed E-state index contributed by atoms with van der Waals surface area (Å²) < 4.78 is 77.9. The summed E-state index contributed by atoms with van der Waals surface area (Å²) in [6.07, 6.45) is -5.76. The molecule has 0 spiro atoms. The van der Waals surface area contributed by atoms with Gasteiger partial charge < -0.3 is 10.0 Å². The standard InChI is InChI=1S/C15H17F4NO4S/c1-14(16,10-6-8-20(9-7-10)13(21)22)25(23,24)12-4-2-11(3-5-12)15(17,18)19/h2-5,10H,6-9H2,1H3,(H,21,22). The summed E-state index contributed by atoms with van der Waals surface area (Å²) in [6, 6.07) is 2.66. The van der Waals surface area contributed by atoms with Crippen molar-refractivity contribution in [1.82, 2.24) is 4.90 Å². The van der Waals surface area contributed by atoms with E-state index >= 15 is 4.39 Å². The summed E-state index contributed by atoms with van der Waals surface area (Å²) >= 11 is 0. The molecular formula is C15H17F4NO4S. The Hall–Kier alpha value is -1.84. The molecule has 1 aromatic carbocycles. The zero-order valence-electron chi connectivity index (χ0n) is 13.3. The first-order valence-corrected chi connectivity index (χ1v) is 8.94. The molecule has 5 nitrogen and oxygen atoms in total. The zero-order valence-corrected chi connectivity index (χ0v) is 14.1. The van der Waals surface area contributed by atoms with Gasteiger partial charge in [-0.2, -0.15) is 13.2 Å². The Labute approximate surface area is 142 Å². The lowest BCUT2D eigenvalue weighted by atomic mass is 9.92. The van der Waals surface area contributed by atoms with Gasteiger partial charge >= 0.3 is 12.3 Å². The highest BCUT2D eigenvalue weighted by Crippen LogP contribution is 2.40. The van der Waals surface area contributed by atoms with E-state index in [1.165, 1.54) is 0 Å². The third-order valence-corrected chi connectivity index (χ3v) is 6.79. The van der Waals surface area contributed by atoms with Crippen LogP contribution in [0, 0.1) is 5.92 Å². The molecule has 1 fully saturated rings. The first kappa shape index (κ1) is 19.5. The van der Waals surface area contributed by atoms with E-state index in [0.29, 0.717) is 12.1 Å². The molecule has 0 aromatic heterocycles. The van der Waals surface area contributed by atoms with Crippen molar-refractivity contribution in [2.45, 2.75) is 35.8 Å². The Morgan fingerprint density at radius 1 is 1.12 bits per heavy atom. The Kier molecular flexibility index (Phi) is 5.04. The van der Waals surface area contributed by atoms with Gasteiger partial charge in [-0.05, 0) is 44.0 Å². The lowest BCUT2D eigenvalue weighted by Crippen LogP contribution is -2.46. The van der Waals surface area contributed by atoms with Crippen LogP contribution in [-0.2, 0) is 16.0 Å². The fourth-order valence-corrected chi connectivity index (χ4v) is 4.49. The van der Waals surface area contributed by atoms with Gasteiger partial charge in [0.05, 0.1) is 10.5 Å². The highest BCUT2D eigenvalue weighted by atomic mass is 32.2. The Morgan fingerprint density at radius 3 is 2.00 bits per heavy atom. The predicted octanol–water partition coefficient (Wildman–Crippen LogP) is 3.55. The second-order valence-corrected chi connectivity index (χ2v) is 8.33. The molecule has 0 bridgehead atoms. The van der Waals surface area contributed by atoms with E-state index in [1.807, 2.05) is 0 Å². The number of sulfone groups is 1. The van der Waals surface area contributed by atoms with Crippen LogP contribution in [0.4, 0.5) is 22.4 Å². The first-order valence-electron chi connectivity index (χ1n) is 7.46. The highest BCUT2D eigenvalue weighted by Gasteiger charge is 2.48. The summed E-state index contributed by atoms with van der Waals surface area (Å²) in [5.74, 6) is -0.949. The average Bonchev–Trinajstić information content (AvgIpc) is 2.54. The topological polar surface area (TPSA) is 74.7 Å². The molecule has 2 rings (SSSR count). The van der Waals surface area contributed by atoms with Gasteiger partial charge in [-0.1, -0.05) is 0 Å². The molecule has 1 heterocycles. The Balaban J connectivity index is 2.24. The van der Waals surface area contributed by atoms with Crippen LogP contribution in [0.15, 0.2) is 29.2 Å². The minimum atomic E-state index is -4.62. The molecule has 0 radical (unpaired) electrons. The van der Waals surface area contributed by atoms with Gasteiger partial charge in [-0.15, -0.1) is 0 Å².